The second-order valence-corrected chi connectivity index (χ2v) is 6.55. The van der Waals surface area contributed by atoms with Crippen molar-refractivity contribution in [3.63, 3.8) is 0 Å². The Kier molecular flexibility index (Phi) is 5.93. The van der Waals surface area contributed by atoms with Crippen molar-refractivity contribution in [3.05, 3.63) is 71.0 Å². The van der Waals surface area contributed by atoms with E-state index < -0.39 is 24.3 Å². The van der Waals surface area contributed by atoms with Crippen molar-refractivity contribution in [1.29, 1.82) is 0 Å². The van der Waals surface area contributed by atoms with Crippen LogP contribution < -0.4 is 5.32 Å². The predicted molar refractivity (Wildman–Crippen MR) is 102 cm³/mol. The monoisotopic (exact) mass is 384 g/mol. The molecule has 0 fully saturated rings. The van der Waals surface area contributed by atoms with E-state index in [1.807, 2.05) is 24.3 Å². The summed E-state index contributed by atoms with van der Waals surface area (Å²) in [5, 5.41) is 4.63. The number of rotatable bonds is 6. The van der Waals surface area contributed by atoms with Gasteiger partial charge < -0.3 is 10.1 Å². The van der Waals surface area contributed by atoms with Gasteiger partial charge in [0, 0.05) is 10.9 Å². The minimum Gasteiger partial charge on any atom is -0.451 e. The molecule has 0 atom stereocenters. The fourth-order valence-corrected chi connectivity index (χ4v) is 3.13. The molecular formula is C20H17FN2O3S. The van der Waals surface area contributed by atoms with E-state index in [1.54, 1.807) is 11.4 Å². The highest BCUT2D eigenvalue weighted by Gasteiger charge is 2.15. The molecule has 0 saturated carbocycles. The maximum Gasteiger partial charge on any atom is 0.358 e. The van der Waals surface area contributed by atoms with Crippen molar-refractivity contribution in [2.24, 2.45) is 0 Å². The molecule has 1 aromatic heterocycles. The third-order valence-corrected chi connectivity index (χ3v) is 4.70. The van der Waals surface area contributed by atoms with Gasteiger partial charge in [-0.15, -0.1) is 11.3 Å². The highest BCUT2D eigenvalue weighted by molar-refractivity contribution is 7.13. The van der Waals surface area contributed by atoms with E-state index in [1.165, 1.54) is 35.1 Å². The molecular weight excluding hydrogens is 367 g/mol. The minimum absolute atomic E-state index is 0.0324. The number of benzene rings is 2. The molecule has 138 valence electrons. The van der Waals surface area contributed by atoms with Crippen LogP contribution in [-0.2, 0) is 16.0 Å². The van der Waals surface area contributed by atoms with Gasteiger partial charge in [0.05, 0.1) is 5.69 Å². The number of amides is 1. The number of aromatic nitrogens is 1. The van der Waals surface area contributed by atoms with E-state index in [9.17, 15) is 14.0 Å². The fourth-order valence-electron chi connectivity index (χ4n) is 2.34. The number of para-hydroxylation sites is 1. The molecule has 0 aliphatic heterocycles. The van der Waals surface area contributed by atoms with Crippen LogP contribution in [0, 0.1) is 5.82 Å². The Hall–Kier alpha value is -3.06. The molecule has 0 aliphatic rings. The molecule has 0 aliphatic carbocycles. The van der Waals surface area contributed by atoms with Gasteiger partial charge in [0.15, 0.2) is 12.3 Å². The molecule has 5 nitrogen and oxygen atoms in total. The van der Waals surface area contributed by atoms with Crippen molar-refractivity contribution in [2.45, 2.75) is 13.3 Å². The summed E-state index contributed by atoms with van der Waals surface area (Å²) in [7, 11) is 0. The lowest BCUT2D eigenvalue weighted by molar-refractivity contribution is -0.119. The minimum atomic E-state index is -0.702. The summed E-state index contributed by atoms with van der Waals surface area (Å²) < 4.78 is 18.5. The molecule has 2 aromatic carbocycles. The Morgan fingerprint density at radius 1 is 1.15 bits per heavy atom. The van der Waals surface area contributed by atoms with Crippen molar-refractivity contribution in [2.75, 3.05) is 11.9 Å². The number of nitrogens with one attached hydrogen (secondary N) is 1. The number of nitrogens with zero attached hydrogens (tertiary/aromatic N) is 1. The zero-order valence-electron chi connectivity index (χ0n) is 14.6. The predicted octanol–water partition coefficient (Wildman–Crippen LogP) is 4.31. The number of anilines is 1. The van der Waals surface area contributed by atoms with Crippen molar-refractivity contribution < 1.29 is 18.7 Å². The highest BCUT2D eigenvalue weighted by atomic mass is 32.1. The van der Waals surface area contributed by atoms with Crippen LogP contribution in [0.2, 0.25) is 0 Å². The first-order valence-corrected chi connectivity index (χ1v) is 9.21. The number of carbonyl (C=O) groups is 2. The number of aryl methyl sites for hydroxylation is 1. The number of hydrogen-bond donors (Lipinski definition) is 1. The lowest BCUT2D eigenvalue weighted by atomic mass is 10.1. The van der Waals surface area contributed by atoms with Gasteiger partial charge >= 0.3 is 5.97 Å². The second-order valence-electron chi connectivity index (χ2n) is 5.69. The Morgan fingerprint density at radius 3 is 2.59 bits per heavy atom. The van der Waals surface area contributed by atoms with Gasteiger partial charge in [-0.3, -0.25) is 4.79 Å². The Labute approximate surface area is 159 Å². The van der Waals surface area contributed by atoms with Gasteiger partial charge in [-0.05, 0) is 24.1 Å². The van der Waals surface area contributed by atoms with E-state index in [2.05, 4.69) is 17.2 Å². The molecule has 0 bridgehead atoms. The number of hydrogen-bond acceptors (Lipinski definition) is 5. The second kappa shape index (κ2) is 8.55. The maximum atomic E-state index is 13.5. The van der Waals surface area contributed by atoms with Gasteiger partial charge in [-0.1, -0.05) is 43.3 Å². The van der Waals surface area contributed by atoms with Crippen LogP contribution in [-0.4, -0.2) is 23.5 Å². The first kappa shape index (κ1) is 18.7. The number of thiazole rings is 1. The first-order valence-electron chi connectivity index (χ1n) is 8.33. The summed E-state index contributed by atoms with van der Waals surface area (Å²) >= 11 is 1.32. The Balaban J connectivity index is 1.57. The summed E-state index contributed by atoms with van der Waals surface area (Å²) in [5.41, 5.74) is 2.29. The van der Waals surface area contributed by atoms with Crippen LogP contribution in [0.4, 0.5) is 10.1 Å². The van der Waals surface area contributed by atoms with Gasteiger partial charge in [-0.2, -0.15) is 0 Å². The number of ether oxygens (including phenoxy) is 1. The summed E-state index contributed by atoms with van der Waals surface area (Å²) in [6.45, 7) is 1.56. The first-order chi connectivity index (χ1) is 13.1. The lowest BCUT2D eigenvalue weighted by Crippen LogP contribution is -2.21. The number of carbonyl (C=O) groups excluding carboxylic acids is 2. The molecule has 3 rings (SSSR count). The van der Waals surface area contributed by atoms with Crippen LogP contribution >= 0.6 is 11.3 Å². The van der Waals surface area contributed by atoms with Crippen LogP contribution in [0.25, 0.3) is 10.6 Å². The molecule has 1 heterocycles. The summed E-state index contributed by atoms with van der Waals surface area (Å²) in [6.07, 6.45) is 0.949. The molecule has 0 saturated heterocycles. The van der Waals surface area contributed by atoms with Crippen LogP contribution in [0.1, 0.15) is 23.0 Å². The van der Waals surface area contributed by atoms with Gasteiger partial charge in [0.2, 0.25) is 0 Å². The average molecular weight is 384 g/mol. The van der Waals surface area contributed by atoms with Crippen molar-refractivity contribution >= 4 is 28.9 Å². The average Bonchev–Trinajstić information content (AvgIpc) is 3.18. The Bertz CT molecular complexity index is 954. The zero-order valence-corrected chi connectivity index (χ0v) is 15.4. The summed E-state index contributed by atoms with van der Waals surface area (Å²) in [5.74, 6) is -1.89. The molecule has 7 heteroatoms. The molecule has 3 aromatic rings. The SMILES string of the molecule is CCc1ccc(-c2nc(C(=O)OCC(=O)Nc3ccccc3F)cs2)cc1. The van der Waals surface area contributed by atoms with Crippen molar-refractivity contribution in [1.82, 2.24) is 4.98 Å². The van der Waals surface area contributed by atoms with E-state index in [4.69, 9.17) is 4.74 Å². The Morgan fingerprint density at radius 2 is 1.89 bits per heavy atom. The molecule has 27 heavy (non-hydrogen) atoms. The van der Waals surface area contributed by atoms with E-state index >= 15 is 0 Å². The van der Waals surface area contributed by atoms with Crippen LogP contribution in [0.3, 0.4) is 0 Å². The molecule has 1 N–H and O–H groups in total. The smallest absolute Gasteiger partial charge is 0.358 e. The van der Waals surface area contributed by atoms with Gasteiger partial charge in [0.25, 0.3) is 5.91 Å². The summed E-state index contributed by atoms with van der Waals surface area (Å²) in [4.78, 5) is 28.2. The highest BCUT2D eigenvalue weighted by Crippen LogP contribution is 2.24. The van der Waals surface area contributed by atoms with Crippen molar-refractivity contribution in [3.8, 4) is 10.6 Å². The van der Waals surface area contributed by atoms with Crippen LogP contribution in [0.15, 0.2) is 53.9 Å². The zero-order chi connectivity index (χ0) is 19.2. The molecule has 1 amide bonds. The number of esters is 1. The van der Waals surface area contributed by atoms with E-state index in [-0.39, 0.29) is 11.4 Å². The topological polar surface area (TPSA) is 68.3 Å². The lowest BCUT2D eigenvalue weighted by Gasteiger charge is -2.06. The third kappa shape index (κ3) is 4.77. The third-order valence-electron chi connectivity index (χ3n) is 3.80. The standard InChI is InChI=1S/C20H17FN2O3S/c1-2-13-7-9-14(10-8-13)19-23-17(12-27-19)20(25)26-11-18(24)22-16-6-4-3-5-15(16)21/h3-10,12H,2,11H2,1H3,(H,22,24). The number of halogens is 1. The quantitative estimate of drug-likeness (QED) is 0.643. The molecule has 0 spiro atoms. The van der Waals surface area contributed by atoms with Gasteiger partial charge in [-0.25, -0.2) is 14.2 Å². The van der Waals surface area contributed by atoms with Crippen LogP contribution in [0.5, 0.6) is 0 Å². The normalized spacial score (nSPS) is 10.4. The summed E-state index contributed by atoms with van der Waals surface area (Å²) in [6, 6.07) is 13.7. The maximum absolute atomic E-state index is 13.5. The van der Waals surface area contributed by atoms with E-state index in [0.717, 1.165) is 12.0 Å². The largest absolute Gasteiger partial charge is 0.451 e. The molecule has 0 unspecified atom stereocenters. The van der Waals surface area contributed by atoms with E-state index in [0.29, 0.717) is 5.01 Å². The fraction of sp³-hybridized carbons (Fsp3) is 0.150. The molecule has 0 radical (unpaired) electrons. The van der Waals surface area contributed by atoms with Gasteiger partial charge in [0.1, 0.15) is 10.8 Å².